The maximum atomic E-state index is 12.0. The molecule has 0 fully saturated rings. The zero-order chi connectivity index (χ0) is 16.0. The Kier molecular flexibility index (Phi) is 5.87. The van der Waals surface area contributed by atoms with E-state index in [-0.39, 0.29) is 16.8 Å². The molecule has 114 valence electrons. The van der Waals surface area contributed by atoms with E-state index in [1.54, 1.807) is 31.3 Å². The molecule has 0 aliphatic rings. The van der Waals surface area contributed by atoms with Crippen molar-refractivity contribution in [3.63, 3.8) is 0 Å². The lowest BCUT2D eigenvalue weighted by Crippen LogP contribution is -2.28. The highest BCUT2D eigenvalue weighted by atomic mass is 32.2. The zero-order valence-electron chi connectivity index (χ0n) is 12.4. The van der Waals surface area contributed by atoms with Gasteiger partial charge in [-0.25, -0.2) is 13.6 Å². The Bertz CT molecular complexity index is 663. The molecule has 0 heterocycles. The van der Waals surface area contributed by atoms with Crippen LogP contribution in [0.5, 0.6) is 0 Å². The van der Waals surface area contributed by atoms with Gasteiger partial charge in [0.05, 0.1) is 10.9 Å². The standard InChI is InChI=1S/C15H20N2O3S/c1-4-5-6-10-15(18)17(3)12(2)13-8-7-9-14(11-13)21(16,19)20/h4-12H,1-3H3,(H2,16,19,20)/b5-4+,10-6?. The van der Waals surface area contributed by atoms with Crippen molar-refractivity contribution < 1.29 is 13.2 Å². The number of allylic oxidation sites excluding steroid dienone is 3. The van der Waals surface area contributed by atoms with Crippen LogP contribution in [0.1, 0.15) is 25.5 Å². The van der Waals surface area contributed by atoms with Gasteiger partial charge in [0, 0.05) is 13.1 Å². The van der Waals surface area contributed by atoms with Crippen LogP contribution in [0, 0.1) is 0 Å². The number of hydrogen-bond donors (Lipinski definition) is 1. The lowest BCUT2D eigenvalue weighted by Gasteiger charge is -2.24. The fraction of sp³-hybridized carbons (Fsp3) is 0.267. The van der Waals surface area contributed by atoms with Crippen LogP contribution >= 0.6 is 0 Å². The molecule has 1 aromatic rings. The van der Waals surface area contributed by atoms with Gasteiger partial charge in [-0.05, 0) is 31.5 Å². The quantitative estimate of drug-likeness (QED) is 0.667. The van der Waals surface area contributed by atoms with Gasteiger partial charge in [-0.2, -0.15) is 0 Å². The summed E-state index contributed by atoms with van der Waals surface area (Å²) in [7, 11) is -2.09. The first-order valence-corrected chi connectivity index (χ1v) is 8.01. The molecule has 6 heteroatoms. The first-order chi connectivity index (χ1) is 9.77. The van der Waals surface area contributed by atoms with Crippen LogP contribution in [0.25, 0.3) is 0 Å². The van der Waals surface area contributed by atoms with Crippen molar-refractivity contribution in [2.45, 2.75) is 24.8 Å². The molecule has 1 rings (SSSR count). The molecule has 1 unspecified atom stereocenters. The zero-order valence-corrected chi connectivity index (χ0v) is 13.2. The summed E-state index contributed by atoms with van der Waals surface area (Å²) in [5.74, 6) is -0.165. The Hall–Kier alpha value is -1.92. The third kappa shape index (κ3) is 4.84. The molecule has 0 radical (unpaired) electrons. The molecule has 0 spiro atoms. The number of nitrogens with two attached hydrogens (primary N) is 1. The number of carbonyl (C=O) groups is 1. The van der Waals surface area contributed by atoms with Crippen LogP contribution < -0.4 is 5.14 Å². The second-order valence-corrected chi connectivity index (χ2v) is 6.19. The van der Waals surface area contributed by atoms with E-state index in [1.165, 1.54) is 23.1 Å². The van der Waals surface area contributed by atoms with Crippen molar-refractivity contribution in [1.29, 1.82) is 0 Å². The highest BCUT2D eigenvalue weighted by Crippen LogP contribution is 2.21. The minimum absolute atomic E-state index is 0.0390. The van der Waals surface area contributed by atoms with Gasteiger partial charge in [0.1, 0.15) is 0 Å². The van der Waals surface area contributed by atoms with Crippen LogP contribution in [-0.4, -0.2) is 26.3 Å². The number of benzene rings is 1. The molecule has 21 heavy (non-hydrogen) atoms. The second kappa shape index (κ2) is 7.19. The number of likely N-dealkylation sites (N-methyl/N-ethyl adjacent to an activating group) is 1. The number of primary sulfonamides is 1. The topological polar surface area (TPSA) is 80.5 Å². The lowest BCUT2D eigenvalue weighted by atomic mass is 10.1. The first kappa shape index (κ1) is 17.1. The molecule has 1 aromatic carbocycles. The summed E-state index contributed by atoms with van der Waals surface area (Å²) in [5.41, 5.74) is 0.705. The van der Waals surface area contributed by atoms with E-state index >= 15 is 0 Å². The normalized spacial score (nSPS) is 13.7. The molecular formula is C15H20N2O3S. The molecule has 0 aliphatic carbocycles. The van der Waals surface area contributed by atoms with Crippen molar-refractivity contribution >= 4 is 15.9 Å². The Balaban J connectivity index is 2.98. The van der Waals surface area contributed by atoms with E-state index in [4.69, 9.17) is 5.14 Å². The first-order valence-electron chi connectivity index (χ1n) is 6.46. The molecule has 0 aliphatic heterocycles. The summed E-state index contributed by atoms with van der Waals surface area (Å²) in [5, 5.41) is 5.12. The Morgan fingerprint density at radius 2 is 2.00 bits per heavy atom. The maximum Gasteiger partial charge on any atom is 0.246 e. The van der Waals surface area contributed by atoms with Crippen LogP contribution in [0.2, 0.25) is 0 Å². The number of rotatable bonds is 5. The van der Waals surface area contributed by atoms with Crippen LogP contribution in [0.3, 0.4) is 0 Å². The highest BCUT2D eigenvalue weighted by Gasteiger charge is 2.17. The van der Waals surface area contributed by atoms with Gasteiger partial charge in [-0.15, -0.1) is 0 Å². The van der Waals surface area contributed by atoms with Gasteiger partial charge in [0.15, 0.2) is 0 Å². The number of amides is 1. The number of sulfonamides is 1. The molecule has 5 nitrogen and oxygen atoms in total. The number of hydrogen-bond acceptors (Lipinski definition) is 3. The van der Waals surface area contributed by atoms with Gasteiger partial charge in [-0.3, -0.25) is 4.79 Å². The van der Waals surface area contributed by atoms with E-state index in [0.717, 1.165) is 0 Å². The lowest BCUT2D eigenvalue weighted by molar-refractivity contribution is -0.126. The molecular weight excluding hydrogens is 288 g/mol. The third-order valence-electron chi connectivity index (χ3n) is 3.14. The largest absolute Gasteiger partial charge is 0.335 e. The second-order valence-electron chi connectivity index (χ2n) is 4.63. The molecule has 1 atom stereocenters. The predicted octanol–water partition coefficient (Wildman–Crippen LogP) is 1.99. The van der Waals surface area contributed by atoms with E-state index in [9.17, 15) is 13.2 Å². The minimum Gasteiger partial charge on any atom is -0.335 e. The molecule has 0 saturated heterocycles. The van der Waals surface area contributed by atoms with Crippen LogP contribution in [-0.2, 0) is 14.8 Å². The monoisotopic (exact) mass is 308 g/mol. The summed E-state index contributed by atoms with van der Waals surface area (Å²) in [6, 6.07) is 6.02. The van der Waals surface area contributed by atoms with Crippen molar-refractivity contribution in [3.05, 3.63) is 54.1 Å². The third-order valence-corrected chi connectivity index (χ3v) is 4.05. The summed E-state index contributed by atoms with van der Waals surface area (Å²) in [4.78, 5) is 13.5. The molecule has 2 N–H and O–H groups in total. The summed E-state index contributed by atoms with van der Waals surface area (Å²) >= 11 is 0. The van der Waals surface area contributed by atoms with Crippen LogP contribution in [0.15, 0.2) is 53.5 Å². The molecule has 0 aromatic heterocycles. The molecule has 0 saturated carbocycles. The van der Waals surface area contributed by atoms with Gasteiger partial charge in [-0.1, -0.05) is 30.4 Å². The maximum absolute atomic E-state index is 12.0. The highest BCUT2D eigenvalue weighted by molar-refractivity contribution is 7.89. The summed E-state index contributed by atoms with van der Waals surface area (Å²) < 4.78 is 22.7. The van der Waals surface area contributed by atoms with E-state index in [0.29, 0.717) is 5.56 Å². The van der Waals surface area contributed by atoms with Gasteiger partial charge < -0.3 is 4.90 Å². The van der Waals surface area contributed by atoms with Crippen molar-refractivity contribution in [2.75, 3.05) is 7.05 Å². The Labute approximate surface area is 125 Å². The Morgan fingerprint density at radius 1 is 1.33 bits per heavy atom. The van der Waals surface area contributed by atoms with E-state index < -0.39 is 10.0 Å². The van der Waals surface area contributed by atoms with Gasteiger partial charge >= 0.3 is 0 Å². The molecule has 1 amide bonds. The van der Waals surface area contributed by atoms with Gasteiger partial charge in [0.2, 0.25) is 15.9 Å². The number of carbonyl (C=O) groups excluding carboxylic acids is 1. The van der Waals surface area contributed by atoms with Crippen molar-refractivity contribution in [3.8, 4) is 0 Å². The van der Waals surface area contributed by atoms with E-state index in [2.05, 4.69) is 0 Å². The number of nitrogens with zero attached hydrogens (tertiary/aromatic N) is 1. The SMILES string of the molecule is C/C=C/C=CC(=O)N(C)C(C)c1cccc(S(N)(=O)=O)c1. The van der Waals surface area contributed by atoms with Crippen molar-refractivity contribution in [1.82, 2.24) is 4.90 Å². The Morgan fingerprint density at radius 3 is 2.57 bits per heavy atom. The smallest absolute Gasteiger partial charge is 0.246 e. The average Bonchev–Trinajstić information content (AvgIpc) is 2.45. The fourth-order valence-electron chi connectivity index (χ4n) is 1.73. The van der Waals surface area contributed by atoms with E-state index in [1.807, 2.05) is 19.9 Å². The minimum atomic E-state index is -3.75. The van der Waals surface area contributed by atoms with Crippen molar-refractivity contribution in [2.24, 2.45) is 5.14 Å². The average molecular weight is 308 g/mol. The van der Waals surface area contributed by atoms with Crippen LogP contribution in [0.4, 0.5) is 0 Å². The fourth-order valence-corrected chi connectivity index (χ4v) is 2.30. The predicted molar refractivity (Wildman–Crippen MR) is 83.0 cm³/mol. The summed E-state index contributed by atoms with van der Waals surface area (Å²) in [6.45, 7) is 3.68. The molecule has 0 bridgehead atoms. The van der Waals surface area contributed by atoms with Gasteiger partial charge in [0.25, 0.3) is 0 Å². The summed E-state index contributed by atoms with van der Waals surface area (Å²) in [6.07, 6.45) is 6.70.